The van der Waals surface area contributed by atoms with E-state index in [1.54, 1.807) is 11.8 Å². The Morgan fingerprint density at radius 1 is 1.08 bits per heavy atom. The van der Waals surface area contributed by atoms with Crippen molar-refractivity contribution in [1.29, 1.82) is 0 Å². The molecule has 3 nitrogen and oxygen atoms in total. The fourth-order valence-electron chi connectivity index (χ4n) is 3.24. The molecule has 0 saturated carbocycles. The van der Waals surface area contributed by atoms with Crippen LogP contribution in [0.1, 0.15) is 18.4 Å². The van der Waals surface area contributed by atoms with Gasteiger partial charge >= 0.3 is 0 Å². The van der Waals surface area contributed by atoms with Gasteiger partial charge in [0, 0.05) is 24.0 Å². The average Bonchev–Trinajstić information content (AvgIpc) is 2.67. The van der Waals surface area contributed by atoms with Crippen LogP contribution in [-0.4, -0.2) is 42.2 Å². The van der Waals surface area contributed by atoms with Gasteiger partial charge in [-0.3, -0.25) is 4.79 Å². The van der Waals surface area contributed by atoms with Gasteiger partial charge in [-0.2, -0.15) is 0 Å². The molecule has 0 spiro atoms. The predicted octanol–water partition coefficient (Wildman–Crippen LogP) is 3.60. The van der Waals surface area contributed by atoms with Gasteiger partial charge in [0.15, 0.2) is 0 Å². The summed E-state index contributed by atoms with van der Waals surface area (Å²) in [5.41, 5.74) is 1.38. The van der Waals surface area contributed by atoms with E-state index in [1.165, 1.54) is 5.56 Å². The SMILES string of the molecule is O=C(CSc1ccccc1)N[C@@H]1CCCN(CCc2ccccc2)C1. The third-order valence-electron chi connectivity index (χ3n) is 4.54. The number of hydrogen-bond donors (Lipinski definition) is 1. The van der Waals surface area contributed by atoms with E-state index in [0.717, 1.165) is 43.8 Å². The summed E-state index contributed by atoms with van der Waals surface area (Å²) in [6, 6.07) is 21.0. The van der Waals surface area contributed by atoms with E-state index in [4.69, 9.17) is 0 Å². The van der Waals surface area contributed by atoms with Gasteiger partial charge in [0.25, 0.3) is 0 Å². The lowest BCUT2D eigenvalue weighted by Gasteiger charge is -2.33. The molecular weight excluding hydrogens is 328 g/mol. The topological polar surface area (TPSA) is 32.3 Å². The van der Waals surface area contributed by atoms with Crippen LogP contribution in [0.25, 0.3) is 0 Å². The van der Waals surface area contributed by atoms with Crippen LogP contribution < -0.4 is 5.32 Å². The number of carbonyl (C=O) groups excluding carboxylic acids is 1. The Balaban J connectivity index is 1.39. The van der Waals surface area contributed by atoms with Gasteiger partial charge in [-0.15, -0.1) is 11.8 Å². The molecule has 1 amide bonds. The van der Waals surface area contributed by atoms with Gasteiger partial charge in [0.1, 0.15) is 0 Å². The van der Waals surface area contributed by atoms with Gasteiger partial charge in [-0.05, 0) is 43.5 Å². The van der Waals surface area contributed by atoms with Crippen LogP contribution >= 0.6 is 11.8 Å². The maximum absolute atomic E-state index is 12.2. The molecule has 1 N–H and O–H groups in total. The highest BCUT2D eigenvalue weighted by molar-refractivity contribution is 8.00. The number of rotatable bonds is 7. The molecule has 1 aliphatic heterocycles. The minimum atomic E-state index is 0.142. The molecule has 1 aliphatic rings. The number of carbonyl (C=O) groups is 1. The van der Waals surface area contributed by atoms with Crippen molar-refractivity contribution in [2.75, 3.05) is 25.4 Å². The molecule has 0 radical (unpaired) electrons. The van der Waals surface area contributed by atoms with E-state index in [9.17, 15) is 4.79 Å². The molecule has 1 atom stereocenters. The molecule has 0 aliphatic carbocycles. The monoisotopic (exact) mass is 354 g/mol. The average molecular weight is 355 g/mol. The third kappa shape index (κ3) is 6.22. The molecule has 0 aromatic heterocycles. The molecule has 0 bridgehead atoms. The minimum absolute atomic E-state index is 0.142. The zero-order valence-electron chi connectivity index (χ0n) is 14.6. The number of thioether (sulfide) groups is 1. The quantitative estimate of drug-likeness (QED) is 0.771. The Labute approximate surface area is 154 Å². The van der Waals surface area contributed by atoms with E-state index in [1.807, 2.05) is 30.3 Å². The second kappa shape index (κ2) is 9.64. The third-order valence-corrected chi connectivity index (χ3v) is 5.56. The van der Waals surface area contributed by atoms with Crippen LogP contribution in [0.4, 0.5) is 0 Å². The Bertz CT molecular complexity index is 647. The van der Waals surface area contributed by atoms with Crippen LogP contribution in [0.15, 0.2) is 65.6 Å². The van der Waals surface area contributed by atoms with Gasteiger partial charge < -0.3 is 10.2 Å². The smallest absolute Gasteiger partial charge is 0.230 e. The summed E-state index contributed by atoms with van der Waals surface area (Å²) < 4.78 is 0. The summed E-state index contributed by atoms with van der Waals surface area (Å²) in [5.74, 6) is 0.633. The lowest BCUT2D eigenvalue weighted by atomic mass is 10.0. The Hall–Kier alpha value is -1.78. The minimum Gasteiger partial charge on any atom is -0.351 e. The normalized spacial score (nSPS) is 18.0. The summed E-state index contributed by atoms with van der Waals surface area (Å²) in [5, 5.41) is 3.22. The summed E-state index contributed by atoms with van der Waals surface area (Å²) in [6.07, 6.45) is 3.32. The van der Waals surface area contributed by atoms with Crippen LogP contribution in [0, 0.1) is 0 Å². The number of amides is 1. The molecular formula is C21H26N2OS. The lowest BCUT2D eigenvalue weighted by Crippen LogP contribution is -2.48. The highest BCUT2D eigenvalue weighted by atomic mass is 32.2. The summed E-state index contributed by atoms with van der Waals surface area (Å²) in [6.45, 7) is 3.17. The highest BCUT2D eigenvalue weighted by Gasteiger charge is 2.21. The molecule has 0 unspecified atom stereocenters. The maximum atomic E-state index is 12.2. The first-order valence-electron chi connectivity index (χ1n) is 9.03. The van der Waals surface area contributed by atoms with Crippen LogP contribution in [-0.2, 0) is 11.2 Å². The predicted molar refractivity (Wildman–Crippen MR) is 105 cm³/mol. The molecule has 25 heavy (non-hydrogen) atoms. The molecule has 1 fully saturated rings. The van der Waals surface area contributed by atoms with Crippen molar-refractivity contribution >= 4 is 17.7 Å². The number of piperidine rings is 1. The fraction of sp³-hybridized carbons (Fsp3) is 0.381. The van der Waals surface area contributed by atoms with E-state index < -0.39 is 0 Å². The zero-order chi connectivity index (χ0) is 17.3. The number of benzene rings is 2. The molecule has 132 valence electrons. The van der Waals surface area contributed by atoms with Crippen molar-refractivity contribution in [2.24, 2.45) is 0 Å². The van der Waals surface area contributed by atoms with Crippen molar-refractivity contribution in [3.8, 4) is 0 Å². The van der Waals surface area contributed by atoms with E-state index >= 15 is 0 Å². The fourth-order valence-corrected chi connectivity index (χ4v) is 3.97. The van der Waals surface area contributed by atoms with Crippen molar-refractivity contribution in [1.82, 2.24) is 10.2 Å². The molecule has 4 heteroatoms. The highest BCUT2D eigenvalue weighted by Crippen LogP contribution is 2.17. The van der Waals surface area contributed by atoms with Gasteiger partial charge in [0.2, 0.25) is 5.91 Å². The molecule has 1 saturated heterocycles. The molecule has 1 heterocycles. The number of likely N-dealkylation sites (tertiary alicyclic amines) is 1. The Morgan fingerprint density at radius 2 is 1.80 bits per heavy atom. The summed E-state index contributed by atoms with van der Waals surface area (Å²) in [4.78, 5) is 15.8. The standard InChI is InChI=1S/C21H26N2OS/c24-21(17-25-20-11-5-2-6-12-20)22-19-10-7-14-23(16-19)15-13-18-8-3-1-4-9-18/h1-6,8-9,11-12,19H,7,10,13-17H2,(H,22,24)/t19-/m1/s1. The van der Waals surface area contributed by atoms with E-state index in [2.05, 4.69) is 40.5 Å². The van der Waals surface area contributed by atoms with Crippen LogP contribution in [0.5, 0.6) is 0 Å². The van der Waals surface area contributed by atoms with Crippen molar-refractivity contribution < 1.29 is 4.79 Å². The zero-order valence-corrected chi connectivity index (χ0v) is 15.4. The second-order valence-electron chi connectivity index (χ2n) is 6.54. The first-order chi connectivity index (χ1) is 12.3. The van der Waals surface area contributed by atoms with Gasteiger partial charge in [-0.25, -0.2) is 0 Å². The van der Waals surface area contributed by atoms with Gasteiger partial charge in [-0.1, -0.05) is 48.5 Å². The maximum Gasteiger partial charge on any atom is 0.230 e. The molecule has 2 aromatic rings. The van der Waals surface area contributed by atoms with Crippen molar-refractivity contribution in [2.45, 2.75) is 30.2 Å². The van der Waals surface area contributed by atoms with E-state index in [-0.39, 0.29) is 11.9 Å². The number of nitrogens with one attached hydrogen (secondary N) is 1. The first-order valence-corrected chi connectivity index (χ1v) is 10.0. The second-order valence-corrected chi connectivity index (χ2v) is 7.59. The van der Waals surface area contributed by atoms with E-state index in [0.29, 0.717) is 5.75 Å². The Morgan fingerprint density at radius 3 is 2.56 bits per heavy atom. The first kappa shape index (κ1) is 18.0. The van der Waals surface area contributed by atoms with Gasteiger partial charge in [0.05, 0.1) is 5.75 Å². The molecule has 2 aromatic carbocycles. The lowest BCUT2D eigenvalue weighted by molar-refractivity contribution is -0.119. The molecule has 3 rings (SSSR count). The number of hydrogen-bond acceptors (Lipinski definition) is 3. The van der Waals surface area contributed by atoms with Crippen LogP contribution in [0.3, 0.4) is 0 Å². The largest absolute Gasteiger partial charge is 0.351 e. The van der Waals surface area contributed by atoms with Crippen molar-refractivity contribution in [3.63, 3.8) is 0 Å². The number of nitrogens with zero attached hydrogens (tertiary/aromatic N) is 1. The summed E-state index contributed by atoms with van der Waals surface area (Å²) >= 11 is 1.60. The van der Waals surface area contributed by atoms with Crippen molar-refractivity contribution in [3.05, 3.63) is 66.2 Å². The summed E-state index contributed by atoms with van der Waals surface area (Å²) in [7, 11) is 0. The van der Waals surface area contributed by atoms with Crippen LogP contribution in [0.2, 0.25) is 0 Å². The Kier molecular flexibility index (Phi) is 6.95.